The van der Waals surface area contributed by atoms with E-state index in [0.29, 0.717) is 5.76 Å². The molecule has 0 fully saturated rings. The maximum atomic E-state index is 11.6. The largest absolute Gasteiger partial charge is 0.463 e. The summed E-state index contributed by atoms with van der Waals surface area (Å²) >= 11 is 0. The Kier molecular flexibility index (Phi) is 4.60. The molecular formula is C13H12N4O3. The molecule has 0 unspecified atom stereocenters. The number of hydrogen-bond acceptors (Lipinski definition) is 5. The number of hydrogen-bond donors (Lipinski definition) is 2. The first-order valence-electron chi connectivity index (χ1n) is 5.80. The van der Waals surface area contributed by atoms with Crippen molar-refractivity contribution in [2.75, 3.05) is 6.54 Å². The van der Waals surface area contributed by atoms with Gasteiger partial charge in [0.05, 0.1) is 19.0 Å². The molecule has 2 aromatic rings. The fraction of sp³-hybridized carbons (Fsp3) is 0.0769. The smallest absolute Gasteiger partial charge is 0.270 e. The molecule has 0 aliphatic carbocycles. The second kappa shape index (κ2) is 6.83. The van der Waals surface area contributed by atoms with Crippen molar-refractivity contribution in [1.29, 1.82) is 0 Å². The second-order valence-corrected chi connectivity index (χ2v) is 3.71. The van der Waals surface area contributed by atoms with Crippen LogP contribution in [0, 0.1) is 0 Å². The second-order valence-electron chi connectivity index (χ2n) is 3.71. The first-order valence-corrected chi connectivity index (χ1v) is 5.80. The van der Waals surface area contributed by atoms with Crippen molar-refractivity contribution in [2.24, 2.45) is 5.10 Å². The third-order valence-electron chi connectivity index (χ3n) is 2.23. The first-order chi connectivity index (χ1) is 9.75. The minimum absolute atomic E-state index is 0.190. The van der Waals surface area contributed by atoms with Crippen LogP contribution in [-0.2, 0) is 4.79 Å². The topological polar surface area (TPSA) is 96.6 Å². The number of rotatable bonds is 5. The summed E-state index contributed by atoms with van der Waals surface area (Å²) in [5.41, 5.74) is 2.51. The van der Waals surface area contributed by atoms with Crippen molar-refractivity contribution in [3.8, 4) is 0 Å². The van der Waals surface area contributed by atoms with Gasteiger partial charge in [-0.25, -0.2) is 5.43 Å². The molecule has 7 nitrogen and oxygen atoms in total. The molecule has 20 heavy (non-hydrogen) atoms. The normalized spacial score (nSPS) is 10.4. The molecule has 0 bridgehead atoms. The standard InChI is InChI=1S/C13H12N4O3/c18-12(17-16-8-10-4-3-7-20-10)9-15-13(19)11-5-1-2-6-14-11/h1-8H,9H2,(H,15,19)(H,17,18)/b16-8+. The van der Waals surface area contributed by atoms with Crippen LogP contribution in [0.25, 0.3) is 0 Å². The average molecular weight is 272 g/mol. The minimum Gasteiger partial charge on any atom is -0.463 e. The third-order valence-corrected chi connectivity index (χ3v) is 2.23. The maximum Gasteiger partial charge on any atom is 0.270 e. The van der Waals surface area contributed by atoms with Crippen LogP contribution in [0.4, 0.5) is 0 Å². The van der Waals surface area contributed by atoms with Crippen LogP contribution in [0.1, 0.15) is 16.2 Å². The molecule has 2 aromatic heterocycles. The zero-order valence-corrected chi connectivity index (χ0v) is 10.4. The van der Waals surface area contributed by atoms with Gasteiger partial charge in [-0.15, -0.1) is 0 Å². The SMILES string of the molecule is O=C(CNC(=O)c1ccccn1)N/N=C/c1ccco1. The molecule has 2 N–H and O–H groups in total. The summed E-state index contributed by atoms with van der Waals surface area (Å²) in [6.07, 6.45) is 4.36. The van der Waals surface area contributed by atoms with Gasteiger partial charge in [0.25, 0.3) is 11.8 Å². The van der Waals surface area contributed by atoms with Crippen molar-refractivity contribution in [3.63, 3.8) is 0 Å². The predicted octanol–water partition coefficient (Wildman–Crippen LogP) is 0.555. The van der Waals surface area contributed by atoms with Crippen molar-refractivity contribution >= 4 is 18.0 Å². The van der Waals surface area contributed by atoms with Gasteiger partial charge in [-0.1, -0.05) is 6.07 Å². The molecule has 2 heterocycles. The van der Waals surface area contributed by atoms with Gasteiger partial charge < -0.3 is 9.73 Å². The summed E-state index contributed by atoms with van der Waals surface area (Å²) in [6, 6.07) is 8.35. The van der Waals surface area contributed by atoms with Crippen LogP contribution in [0.3, 0.4) is 0 Å². The summed E-state index contributed by atoms with van der Waals surface area (Å²) < 4.78 is 4.99. The zero-order chi connectivity index (χ0) is 14.2. The van der Waals surface area contributed by atoms with Gasteiger partial charge in [-0.05, 0) is 24.3 Å². The number of pyridine rings is 1. The van der Waals surface area contributed by atoms with E-state index in [2.05, 4.69) is 20.8 Å². The quantitative estimate of drug-likeness (QED) is 0.613. The molecule has 7 heteroatoms. The molecule has 2 amide bonds. The molecule has 2 rings (SSSR count). The lowest BCUT2D eigenvalue weighted by Gasteiger charge is -2.02. The highest BCUT2D eigenvalue weighted by molar-refractivity contribution is 5.94. The van der Waals surface area contributed by atoms with Crippen LogP contribution in [0.2, 0.25) is 0 Å². The van der Waals surface area contributed by atoms with Crippen molar-refractivity contribution in [3.05, 3.63) is 54.2 Å². The summed E-state index contributed by atoms with van der Waals surface area (Å²) in [5.74, 6) is -0.351. The van der Waals surface area contributed by atoms with Gasteiger partial charge in [0.15, 0.2) is 0 Å². The monoisotopic (exact) mass is 272 g/mol. The number of aromatic nitrogens is 1. The average Bonchev–Trinajstić information content (AvgIpc) is 2.99. The lowest BCUT2D eigenvalue weighted by atomic mass is 10.3. The van der Waals surface area contributed by atoms with E-state index in [1.165, 1.54) is 18.7 Å². The van der Waals surface area contributed by atoms with E-state index in [1.807, 2.05) is 0 Å². The molecule has 0 aliphatic heterocycles. The minimum atomic E-state index is -0.447. The number of furan rings is 1. The highest BCUT2D eigenvalue weighted by atomic mass is 16.3. The third kappa shape index (κ3) is 4.05. The van der Waals surface area contributed by atoms with Crippen LogP contribution >= 0.6 is 0 Å². The van der Waals surface area contributed by atoms with E-state index in [-0.39, 0.29) is 12.2 Å². The Morgan fingerprint density at radius 1 is 1.30 bits per heavy atom. The maximum absolute atomic E-state index is 11.6. The predicted molar refractivity (Wildman–Crippen MR) is 71.0 cm³/mol. The Bertz CT molecular complexity index is 593. The van der Waals surface area contributed by atoms with Crippen molar-refractivity contribution in [1.82, 2.24) is 15.7 Å². The number of nitrogens with zero attached hydrogens (tertiary/aromatic N) is 2. The number of carbonyl (C=O) groups excluding carboxylic acids is 2. The van der Waals surface area contributed by atoms with Gasteiger partial charge in [0.2, 0.25) is 0 Å². The number of carbonyl (C=O) groups is 2. The Morgan fingerprint density at radius 2 is 2.20 bits per heavy atom. The van der Waals surface area contributed by atoms with E-state index < -0.39 is 11.8 Å². The van der Waals surface area contributed by atoms with Gasteiger partial charge in [-0.3, -0.25) is 14.6 Å². The zero-order valence-electron chi connectivity index (χ0n) is 10.4. The summed E-state index contributed by atoms with van der Waals surface area (Å²) in [6.45, 7) is -0.190. The van der Waals surface area contributed by atoms with E-state index in [1.54, 1.807) is 30.3 Å². The van der Waals surface area contributed by atoms with Crippen molar-refractivity contribution < 1.29 is 14.0 Å². The molecular weight excluding hydrogens is 260 g/mol. The Hall–Kier alpha value is -2.96. The molecule has 0 radical (unpaired) electrons. The lowest BCUT2D eigenvalue weighted by Crippen LogP contribution is -2.35. The first kappa shape index (κ1) is 13.5. The lowest BCUT2D eigenvalue weighted by molar-refractivity contribution is -0.120. The van der Waals surface area contributed by atoms with Gasteiger partial charge >= 0.3 is 0 Å². The fourth-order valence-electron chi connectivity index (χ4n) is 1.32. The molecule has 102 valence electrons. The van der Waals surface area contributed by atoms with Crippen LogP contribution in [-0.4, -0.2) is 29.6 Å². The highest BCUT2D eigenvalue weighted by Gasteiger charge is 2.07. The van der Waals surface area contributed by atoms with E-state index in [9.17, 15) is 9.59 Å². The van der Waals surface area contributed by atoms with E-state index >= 15 is 0 Å². The molecule has 0 saturated heterocycles. The molecule has 0 aliphatic rings. The summed E-state index contributed by atoms with van der Waals surface area (Å²) in [5, 5.41) is 6.11. The summed E-state index contributed by atoms with van der Waals surface area (Å²) in [4.78, 5) is 26.9. The van der Waals surface area contributed by atoms with Crippen molar-refractivity contribution in [2.45, 2.75) is 0 Å². The fourth-order valence-corrected chi connectivity index (χ4v) is 1.32. The van der Waals surface area contributed by atoms with E-state index in [4.69, 9.17) is 4.42 Å². The van der Waals surface area contributed by atoms with Crippen LogP contribution < -0.4 is 10.7 Å². The number of nitrogens with one attached hydrogen (secondary N) is 2. The van der Waals surface area contributed by atoms with Gasteiger partial charge in [0.1, 0.15) is 11.5 Å². The Labute approximate surface area is 114 Å². The number of hydrazone groups is 1. The van der Waals surface area contributed by atoms with Crippen LogP contribution in [0.15, 0.2) is 52.3 Å². The molecule has 0 saturated carbocycles. The number of amides is 2. The van der Waals surface area contributed by atoms with E-state index in [0.717, 1.165) is 0 Å². The summed E-state index contributed by atoms with van der Waals surface area (Å²) in [7, 11) is 0. The molecule has 0 spiro atoms. The highest BCUT2D eigenvalue weighted by Crippen LogP contribution is 1.94. The Morgan fingerprint density at radius 3 is 2.90 bits per heavy atom. The van der Waals surface area contributed by atoms with Crippen LogP contribution in [0.5, 0.6) is 0 Å². The Balaban J connectivity index is 1.74. The molecule has 0 aromatic carbocycles. The molecule has 0 atom stereocenters. The van der Waals surface area contributed by atoms with Gasteiger partial charge in [0, 0.05) is 6.20 Å². The van der Waals surface area contributed by atoms with Gasteiger partial charge in [-0.2, -0.15) is 5.10 Å².